The number of aliphatic imine (C=N–C) groups is 1. The molecule has 0 spiro atoms. The van der Waals surface area contributed by atoms with Gasteiger partial charge >= 0.3 is 0 Å². The zero-order valence-electron chi connectivity index (χ0n) is 23.0. The molecule has 1 aromatic heterocycles. The summed E-state index contributed by atoms with van der Waals surface area (Å²) >= 11 is 0. The number of amides is 2. The van der Waals surface area contributed by atoms with Crippen LogP contribution in [0.5, 0.6) is 0 Å². The van der Waals surface area contributed by atoms with Crippen molar-refractivity contribution in [2.45, 2.75) is 64.2 Å². The number of nitrogens with one attached hydrogen (secondary N) is 1. The van der Waals surface area contributed by atoms with Gasteiger partial charge in [0.2, 0.25) is 5.91 Å². The Balaban J connectivity index is 1.36. The number of benzene rings is 1. The molecule has 2 amide bonds. The first-order valence-corrected chi connectivity index (χ1v) is 14.2. The number of anilines is 1. The fourth-order valence-corrected chi connectivity index (χ4v) is 6.71. The molecule has 1 atom stereocenters. The summed E-state index contributed by atoms with van der Waals surface area (Å²) in [6.45, 7) is 7.77. The van der Waals surface area contributed by atoms with E-state index >= 15 is 0 Å². The van der Waals surface area contributed by atoms with Crippen molar-refractivity contribution in [1.29, 1.82) is 0 Å². The van der Waals surface area contributed by atoms with E-state index in [1.807, 2.05) is 13.1 Å². The smallest absolute Gasteiger partial charge is 0.277 e. The van der Waals surface area contributed by atoms with Crippen molar-refractivity contribution >= 4 is 28.8 Å². The molecular formula is C33H36N4O2. The molecule has 4 aliphatic rings. The predicted molar refractivity (Wildman–Crippen MR) is 157 cm³/mol. The van der Waals surface area contributed by atoms with Gasteiger partial charge < -0.3 is 10.2 Å². The summed E-state index contributed by atoms with van der Waals surface area (Å²) in [5.74, 6) is 0.135. The van der Waals surface area contributed by atoms with Gasteiger partial charge in [0.25, 0.3) is 5.91 Å². The van der Waals surface area contributed by atoms with E-state index in [0.29, 0.717) is 5.92 Å². The Morgan fingerprint density at radius 3 is 2.82 bits per heavy atom. The molecule has 2 aliphatic carbocycles. The molecule has 0 bridgehead atoms. The first-order chi connectivity index (χ1) is 18.9. The molecule has 200 valence electrons. The topological polar surface area (TPSA) is 74.7 Å². The number of likely N-dealkylation sites (tertiary alicyclic amines) is 1. The highest BCUT2D eigenvalue weighted by Gasteiger charge is 2.34. The van der Waals surface area contributed by atoms with Crippen molar-refractivity contribution in [2.24, 2.45) is 4.99 Å². The number of pyridine rings is 1. The summed E-state index contributed by atoms with van der Waals surface area (Å²) < 4.78 is 0. The summed E-state index contributed by atoms with van der Waals surface area (Å²) in [5.41, 5.74) is 11.8. The van der Waals surface area contributed by atoms with Gasteiger partial charge in [0.05, 0.1) is 5.69 Å². The zero-order valence-corrected chi connectivity index (χ0v) is 23.0. The largest absolute Gasteiger partial charge is 0.322 e. The minimum Gasteiger partial charge on any atom is -0.322 e. The lowest BCUT2D eigenvalue weighted by Gasteiger charge is -2.22. The molecule has 6 rings (SSSR count). The van der Waals surface area contributed by atoms with Gasteiger partial charge in [-0.15, -0.1) is 0 Å². The molecule has 2 aliphatic heterocycles. The van der Waals surface area contributed by atoms with Crippen molar-refractivity contribution in [3.05, 3.63) is 76.5 Å². The lowest BCUT2D eigenvalue weighted by atomic mass is 9.85. The Hall–Kier alpha value is -3.64. The van der Waals surface area contributed by atoms with Crippen LogP contribution < -0.4 is 5.32 Å². The van der Waals surface area contributed by atoms with Crippen LogP contribution in [0.15, 0.2) is 64.8 Å². The van der Waals surface area contributed by atoms with E-state index in [-0.39, 0.29) is 11.8 Å². The Morgan fingerprint density at radius 2 is 1.97 bits per heavy atom. The maximum absolute atomic E-state index is 13.0. The number of hydrogen-bond donors (Lipinski definition) is 1. The number of hydrogen-bond acceptors (Lipinski definition) is 4. The van der Waals surface area contributed by atoms with Crippen molar-refractivity contribution in [1.82, 2.24) is 9.88 Å². The molecule has 1 N–H and O–H groups in total. The van der Waals surface area contributed by atoms with Crippen LogP contribution in [-0.2, 0) is 16.0 Å². The third-order valence-corrected chi connectivity index (χ3v) is 8.84. The van der Waals surface area contributed by atoms with Gasteiger partial charge in [-0.2, -0.15) is 0 Å². The standard InChI is InChI=1S/C33H36N4O2/c1-4-31(38)36-30-17-22(9-11-25(30)21-6-5-14-37(3)15-13-21)29-18-27-24(19-34-29)10-12-26-28(27)16-23-8-7-20(2)35-33(39)32(23)26/h4,9,11,17-19,21H,1,5-8,10,12-16H2,2-3H3,(H,36,38). The van der Waals surface area contributed by atoms with E-state index in [4.69, 9.17) is 4.98 Å². The first kappa shape index (κ1) is 25.6. The Kier molecular flexibility index (Phi) is 6.90. The highest BCUT2D eigenvalue weighted by atomic mass is 16.2. The quantitative estimate of drug-likeness (QED) is 0.483. The van der Waals surface area contributed by atoms with Crippen molar-refractivity contribution in [2.75, 3.05) is 25.5 Å². The zero-order chi connectivity index (χ0) is 27.1. The lowest BCUT2D eigenvalue weighted by Crippen LogP contribution is -2.19. The highest BCUT2D eigenvalue weighted by molar-refractivity contribution is 6.10. The van der Waals surface area contributed by atoms with E-state index in [1.165, 1.54) is 39.5 Å². The fraction of sp³-hybridized carbons (Fsp3) is 0.394. The molecule has 1 saturated heterocycles. The van der Waals surface area contributed by atoms with Crippen LogP contribution in [0.1, 0.15) is 74.5 Å². The average Bonchev–Trinajstić information content (AvgIpc) is 3.09. The molecule has 39 heavy (non-hydrogen) atoms. The van der Waals surface area contributed by atoms with E-state index in [2.05, 4.69) is 53.1 Å². The van der Waals surface area contributed by atoms with E-state index < -0.39 is 0 Å². The third-order valence-electron chi connectivity index (χ3n) is 8.84. The molecule has 0 radical (unpaired) electrons. The number of carbonyl (C=O) groups is 2. The van der Waals surface area contributed by atoms with Crippen molar-refractivity contribution in [3.8, 4) is 11.3 Å². The number of nitrogens with zero attached hydrogens (tertiary/aromatic N) is 3. The van der Waals surface area contributed by atoms with Gasteiger partial charge in [-0.1, -0.05) is 24.3 Å². The summed E-state index contributed by atoms with van der Waals surface area (Å²) in [6.07, 6.45) is 11.0. The third kappa shape index (κ3) is 4.94. The van der Waals surface area contributed by atoms with Crippen LogP contribution in [0.25, 0.3) is 16.8 Å². The lowest BCUT2D eigenvalue weighted by molar-refractivity contribution is -0.114. The van der Waals surface area contributed by atoms with Gasteiger partial charge in [0.1, 0.15) is 0 Å². The summed E-state index contributed by atoms with van der Waals surface area (Å²) in [5, 5.41) is 3.08. The van der Waals surface area contributed by atoms with Crippen LogP contribution in [-0.4, -0.2) is 47.5 Å². The van der Waals surface area contributed by atoms with E-state index in [1.54, 1.807) is 0 Å². The molecule has 1 unspecified atom stereocenters. The first-order valence-electron chi connectivity index (χ1n) is 14.2. The van der Waals surface area contributed by atoms with Gasteiger partial charge in [-0.05, 0) is 130 Å². The fourth-order valence-electron chi connectivity index (χ4n) is 6.71. The molecule has 0 saturated carbocycles. The van der Waals surface area contributed by atoms with Crippen molar-refractivity contribution < 1.29 is 9.59 Å². The molecular weight excluding hydrogens is 484 g/mol. The monoisotopic (exact) mass is 520 g/mol. The molecule has 3 heterocycles. The number of allylic oxidation sites excluding steroid dienone is 2. The second-order valence-corrected chi connectivity index (χ2v) is 11.4. The average molecular weight is 521 g/mol. The van der Waals surface area contributed by atoms with Crippen LogP contribution in [0.4, 0.5) is 5.69 Å². The maximum atomic E-state index is 13.0. The second kappa shape index (κ2) is 10.5. The van der Waals surface area contributed by atoms with Gasteiger partial charge in [0.15, 0.2) is 0 Å². The second-order valence-electron chi connectivity index (χ2n) is 11.4. The predicted octanol–water partition coefficient (Wildman–Crippen LogP) is 6.25. The van der Waals surface area contributed by atoms with Gasteiger partial charge in [-0.25, -0.2) is 4.99 Å². The van der Waals surface area contributed by atoms with Gasteiger partial charge in [0, 0.05) is 28.7 Å². The number of carbonyl (C=O) groups excluding carboxylic acids is 2. The Morgan fingerprint density at radius 1 is 1.10 bits per heavy atom. The Labute approximate surface area is 230 Å². The number of aromatic nitrogens is 1. The van der Waals surface area contributed by atoms with Crippen LogP contribution >= 0.6 is 0 Å². The van der Waals surface area contributed by atoms with Crippen molar-refractivity contribution in [3.63, 3.8) is 0 Å². The molecule has 6 nitrogen and oxygen atoms in total. The molecule has 1 aromatic carbocycles. The minimum absolute atomic E-state index is 0.0642. The summed E-state index contributed by atoms with van der Waals surface area (Å²) in [4.78, 5) is 37.0. The molecule has 2 aromatic rings. The molecule has 6 heteroatoms. The van der Waals surface area contributed by atoms with Crippen LogP contribution in [0.3, 0.4) is 0 Å². The number of rotatable bonds is 4. The minimum atomic E-state index is -0.201. The Bertz CT molecular complexity index is 1480. The van der Waals surface area contributed by atoms with Crippen LogP contribution in [0, 0.1) is 0 Å². The summed E-state index contributed by atoms with van der Waals surface area (Å²) in [7, 11) is 2.18. The number of aryl methyl sites for hydroxylation is 1. The van der Waals surface area contributed by atoms with E-state index in [0.717, 1.165) is 92.7 Å². The number of fused-ring (bicyclic) bond motifs is 3. The van der Waals surface area contributed by atoms with Crippen LogP contribution in [0.2, 0.25) is 0 Å². The normalized spacial score (nSPS) is 21.4. The highest BCUT2D eigenvalue weighted by Crippen LogP contribution is 2.47. The van der Waals surface area contributed by atoms with Gasteiger partial charge in [-0.3, -0.25) is 14.6 Å². The SMILES string of the molecule is C=CC(=O)Nc1cc(-c2cc3c(cn2)CCC2=C3CC3=C2C(=O)N=C(C)CC3)ccc1C1CCCN(C)CC1. The molecule has 1 fully saturated rings. The maximum Gasteiger partial charge on any atom is 0.277 e. The summed E-state index contributed by atoms with van der Waals surface area (Å²) in [6, 6.07) is 8.57. The van der Waals surface area contributed by atoms with E-state index in [9.17, 15) is 9.59 Å².